The molecule has 2 heterocycles. The molecule has 1 aliphatic heterocycles. The largest absolute Gasteiger partial charge is 0.353 e. The highest BCUT2D eigenvalue weighted by Crippen LogP contribution is 2.65. The van der Waals surface area contributed by atoms with E-state index in [2.05, 4.69) is 66.3 Å². The minimum atomic E-state index is 0.0269. The molecule has 0 radical (unpaired) electrons. The van der Waals surface area contributed by atoms with Crippen LogP contribution in [0.25, 0.3) is 0 Å². The molecule has 2 aromatic rings. The summed E-state index contributed by atoms with van der Waals surface area (Å²) in [4.78, 5) is 27.3. The Balaban J connectivity index is 1.20. The van der Waals surface area contributed by atoms with Crippen LogP contribution in [0.4, 0.5) is 0 Å². The molecule has 1 aromatic heterocycles. The molecule has 192 valence electrons. The van der Waals surface area contributed by atoms with Crippen molar-refractivity contribution in [1.29, 1.82) is 0 Å². The van der Waals surface area contributed by atoms with Gasteiger partial charge in [0, 0.05) is 23.3 Å². The first-order valence-electron chi connectivity index (χ1n) is 14.1. The van der Waals surface area contributed by atoms with Crippen molar-refractivity contribution in [2.45, 2.75) is 83.7 Å². The second-order valence-electron chi connectivity index (χ2n) is 12.5. The van der Waals surface area contributed by atoms with Crippen molar-refractivity contribution in [3.63, 3.8) is 0 Å². The van der Waals surface area contributed by atoms with Crippen molar-refractivity contribution in [2.75, 3.05) is 0 Å². The lowest BCUT2D eigenvalue weighted by molar-refractivity contribution is -0.142. The average Bonchev–Trinajstić information content (AvgIpc) is 3.53. The van der Waals surface area contributed by atoms with E-state index in [1.807, 2.05) is 6.07 Å². The molecule has 6 rings (SSSR count). The standard InChI is InChI=1S/C31H40N2O2S/c1-30-16-14-23-21(10-13-27-31(23,2)17-15-28(34)33-27)22(30)11-12-24(30)29(35)32-25(26-9-6-18-36-26)19-20-7-4-3-5-8-20/h3-9,18,21-25,27H,10-17,19H2,1-2H3,(H,32,35)(H,33,34)/t21-,22-,23+,24?,25?,27?,30-,31+/m0/s1. The Hall–Kier alpha value is -2.14. The summed E-state index contributed by atoms with van der Waals surface area (Å²) >= 11 is 1.74. The highest BCUT2D eigenvalue weighted by molar-refractivity contribution is 7.10. The molecule has 3 aliphatic carbocycles. The fourth-order valence-corrected chi connectivity index (χ4v) is 9.75. The zero-order valence-electron chi connectivity index (χ0n) is 21.7. The van der Waals surface area contributed by atoms with E-state index in [1.54, 1.807) is 11.3 Å². The highest BCUT2D eigenvalue weighted by Gasteiger charge is 2.61. The van der Waals surface area contributed by atoms with E-state index >= 15 is 0 Å². The summed E-state index contributed by atoms with van der Waals surface area (Å²) in [7, 11) is 0. The fraction of sp³-hybridized carbons (Fsp3) is 0.613. The molecule has 3 saturated carbocycles. The number of nitrogens with one attached hydrogen (secondary N) is 2. The first-order chi connectivity index (χ1) is 17.4. The van der Waals surface area contributed by atoms with Gasteiger partial charge in [0.25, 0.3) is 0 Å². The minimum Gasteiger partial charge on any atom is -0.353 e. The second kappa shape index (κ2) is 9.31. The zero-order valence-corrected chi connectivity index (χ0v) is 22.5. The topological polar surface area (TPSA) is 58.2 Å². The predicted molar refractivity (Wildman–Crippen MR) is 144 cm³/mol. The van der Waals surface area contributed by atoms with E-state index in [9.17, 15) is 9.59 Å². The number of amides is 2. The number of carbonyl (C=O) groups is 2. The van der Waals surface area contributed by atoms with Gasteiger partial charge in [0.2, 0.25) is 11.8 Å². The van der Waals surface area contributed by atoms with Gasteiger partial charge in [-0.05, 0) is 97.0 Å². The van der Waals surface area contributed by atoms with Crippen molar-refractivity contribution < 1.29 is 9.59 Å². The Morgan fingerprint density at radius 1 is 1.00 bits per heavy atom. The summed E-state index contributed by atoms with van der Waals surface area (Å²) in [6, 6.07) is 15.1. The summed E-state index contributed by atoms with van der Waals surface area (Å²) in [6.07, 6.45) is 9.35. The van der Waals surface area contributed by atoms with E-state index in [0.29, 0.717) is 30.2 Å². The first kappa shape index (κ1) is 24.2. The maximum atomic E-state index is 13.9. The van der Waals surface area contributed by atoms with Crippen molar-refractivity contribution >= 4 is 23.2 Å². The molecular weight excluding hydrogens is 464 g/mol. The van der Waals surface area contributed by atoms with Gasteiger partial charge in [-0.3, -0.25) is 9.59 Å². The van der Waals surface area contributed by atoms with E-state index < -0.39 is 0 Å². The fourth-order valence-electron chi connectivity index (χ4n) is 8.97. The molecule has 5 heteroatoms. The summed E-state index contributed by atoms with van der Waals surface area (Å²) < 4.78 is 0. The van der Waals surface area contributed by atoms with Gasteiger partial charge < -0.3 is 10.6 Å². The van der Waals surface area contributed by atoms with Crippen LogP contribution in [0.15, 0.2) is 47.8 Å². The smallest absolute Gasteiger partial charge is 0.224 e. The van der Waals surface area contributed by atoms with Gasteiger partial charge in [-0.2, -0.15) is 0 Å². The van der Waals surface area contributed by atoms with Crippen LogP contribution in [0.3, 0.4) is 0 Å². The minimum absolute atomic E-state index is 0.0269. The van der Waals surface area contributed by atoms with Crippen molar-refractivity contribution in [2.24, 2.45) is 34.5 Å². The number of carbonyl (C=O) groups excluding carboxylic acids is 2. The first-order valence-corrected chi connectivity index (χ1v) is 14.9. The average molecular weight is 505 g/mol. The Morgan fingerprint density at radius 3 is 2.58 bits per heavy atom. The third-order valence-electron chi connectivity index (χ3n) is 10.9. The van der Waals surface area contributed by atoms with Crippen molar-refractivity contribution in [3.8, 4) is 0 Å². The van der Waals surface area contributed by atoms with Gasteiger partial charge in [0.15, 0.2) is 0 Å². The molecule has 8 atom stereocenters. The normalized spacial score (nSPS) is 38.3. The Morgan fingerprint density at radius 2 is 1.81 bits per heavy atom. The number of rotatable bonds is 5. The van der Waals surface area contributed by atoms with Gasteiger partial charge in [-0.1, -0.05) is 50.2 Å². The molecule has 1 saturated heterocycles. The second-order valence-corrected chi connectivity index (χ2v) is 13.5. The predicted octanol–water partition coefficient (Wildman–Crippen LogP) is 6.29. The third kappa shape index (κ3) is 4.02. The van der Waals surface area contributed by atoms with E-state index in [1.165, 1.54) is 29.7 Å². The van der Waals surface area contributed by atoms with Gasteiger partial charge in [0.05, 0.1) is 6.04 Å². The van der Waals surface area contributed by atoms with E-state index in [4.69, 9.17) is 0 Å². The molecule has 2 amide bonds. The summed E-state index contributed by atoms with van der Waals surface area (Å²) in [6.45, 7) is 4.88. The molecule has 0 bridgehead atoms. The van der Waals surface area contributed by atoms with Crippen LogP contribution in [0.1, 0.15) is 81.7 Å². The van der Waals surface area contributed by atoms with Crippen LogP contribution < -0.4 is 10.6 Å². The van der Waals surface area contributed by atoms with Crippen molar-refractivity contribution in [1.82, 2.24) is 10.6 Å². The molecule has 36 heavy (non-hydrogen) atoms. The Kier molecular flexibility index (Phi) is 6.26. The van der Waals surface area contributed by atoms with Gasteiger partial charge >= 0.3 is 0 Å². The van der Waals surface area contributed by atoms with Crippen LogP contribution in [0.5, 0.6) is 0 Å². The van der Waals surface area contributed by atoms with Crippen LogP contribution in [-0.4, -0.2) is 17.9 Å². The molecular formula is C31H40N2O2S. The lowest BCUT2D eigenvalue weighted by atomic mass is 9.47. The number of hydrogen-bond acceptors (Lipinski definition) is 3. The van der Waals surface area contributed by atoms with E-state index in [0.717, 1.165) is 32.1 Å². The number of thiophene rings is 1. The number of fused-ring (bicyclic) bond motifs is 5. The van der Waals surface area contributed by atoms with Gasteiger partial charge in [-0.25, -0.2) is 0 Å². The van der Waals surface area contributed by atoms with Crippen LogP contribution in [0, 0.1) is 34.5 Å². The highest BCUT2D eigenvalue weighted by atomic mass is 32.1. The molecule has 0 spiro atoms. The Labute approximate surface area is 219 Å². The van der Waals surface area contributed by atoms with Crippen molar-refractivity contribution in [3.05, 3.63) is 58.3 Å². The SMILES string of the molecule is C[C@]12CCC(=O)NC1CC[C@@H]1[C@H]2CC[C@]2(C)C(C(=O)NC(Cc3ccccc3)c3cccs3)CC[C@@H]12. The third-order valence-corrected chi connectivity index (χ3v) is 11.9. The lowest BCUT2D eigenvalue weighted by Crippen LogP contribution is -2.61. The molecule has 2 N–H and O–H groups in total. The van der Waals surface area contributed by atoms with Gasteiger partial charge in [0.1, 0.15) is 0 Å². The molecule has 4 fully saturated rings. The van der Waals surface area contributed by atoms with Crippen LogP contribution >= 0.6 is 11.3 Å². The lowest BCUT2D eigenvalue weighted by Gasteiger charge is -2.60. The van der Waals surface area contributed by atoms with Gasteiger partial charge in [-0.15, -0.1) is 11.3 Å². The maximum Gasteiger partial charge on any atom is 0.224 e. The molecule has 4 nitrogen and oxygen atoms in total. The molecule has 3 unspecified atom stereocenters. The quantitative estimate of drug-likeness (QED) is 0.503. The number of piperidine rings is 1. The molecule has 1 aromatic carbocycles. The zero-order chi connectivity index (χ0) is 24.9. The monoisotopic (exact) mass is 504 g/mol. The molecule has 4 aliphatic rings. The Bertz CT molecular complexity index is 1100. The number of benzene rings is 1. The summed E-state index contributed by atoms with van der Waals surface area (Å²) in [5, 5.41) is 8.97. The summed E-state index contributed by atoms with van der Waals surface area (Å²) in [5.41, 5.74) is 1.56. The number of hydrogen-bond donors (Lipinski definition) is 2. The van der Waals surface area contributed by atoms with Crippen LogP contribution in [0.2, 0.25) is 0 Å². The van der Waals surface area contributed by atoms with E-state index in [-0.39, 0.29) is 34.6 Å². The van der Waals surface area contributed by atoms with Crippen LogP contribution in [-0.2, 0) is 16.0 Å². The maximum absolute atomic E-state index is 13.9. The summed E-state index contributed by atoms with van der Waals surface area (Å²) in [5.74, 6) is 2.58.